The van der Waals surface area contributed by atoms with E-state index in [-0.39, 0.29) is 6.04 Å². The average molecular weight is 393 g/mol. The molecule has 0 saturated heterocycles. The highest BCUT2D eigenvalue weighted by molar-refractivity contribution is 14.1. The molecule has 0 saturated carbocycles. The molecule has 1 aromatic carbocycles. The van der Waals surface area contributed by atoms with Crippen molar-refractivity contribution in [2.45, 2.75) is 26.8 Å². The van der Waals surface area contributed by atoms with Crippen molar-refractivity contribution < 1.29 is 0 Å². The molecule has 1 N–H and O–H groups in total. The zero-order valence-corrected chi connectivity index (χ0v) is 14.2. The second-order valence-corrected chi connectivity index (χ2v) is 7.22. The lowest BCUT2D eigenvalue weighted by Gasteiger charge is -2.15. The van der Waals surface area contributed by atoms with E-state index in [1.54, 1.807) is 11.3 Å². The van der Waals surface area contributed by atoms with E-state index in [0.717, 1.165) is 25.0 Å². The fourth-order valence-electron chi connectivity index (χ4n) is 1.85. The molecule has 1 atom stereocenters. The van der Waals surface area contributed by atoms with Crippen LogP contribution in [-0.4, -0.2) is 4.98 Å². The third-order valence-electron chi connectivity index (χ3n) is 2.65. The van der Waals surface area contributed by atoms with Gasteiger partial charge in [-0.3, -0.25) is 0 Å². The van der Waals surface area contributed by atoms with Gasteiger partial charge in [0.1, 0.15) is 0 Å². The molecular formula is C13H14ClIN2S. The number of aromatic nitrogens is 1. The van der Waals surface area contributed by atoms with Gasteiger partial charge in [0, 0.05) is 8.45 Å². The number of nitrogens with one attached hydrogen (secondary N) is 1. The Bertz CT molecular complexity index is 568. The van der Waals surface area contributed by atoms with Crippen LogP contribution in [0.4, 0.5) is 5.69 Å². The van der Waals surface area contributed by atoms with Crippen molar-refractivity contribution in [2.75, 3.05) is 5.32 Å². The van der Waals surface area contributed by atoms with Gasteiger partial charge in [-0.1, -0.05) is 11.6 Å². The predicted octanol–water partition coefficient (Wildman–Crippen LogP) is 5.19. The van der Waals surface area contributed by atoms with Crippen LogP contribution in [0.2, 0.25) is 5.02 Å². The molecule has 0 aliphatic carbocycles. The summed E-state index contributed by atoms with van der Waals surface area (Å²) >= 11 is 10.2. The van der Waals surface area contributed by atoms with Crippen molar-refractivity contribution in [3.63, 3.8) is 0 Å². The Morgan fingerprint density at radius 2 is 2.11 bits per heavy atom. The van der Waals surface area contributed by atoms with Gasteiger partial charge in [0.25, 0.3) is 0 Å². The van der Waals surface area contributed by atoms with Gasteiger partial charge in [-0.05, 0) is 61.6 Å². The van der Waals surface area contributed by atoms with Crippen LogP contribution in [0.5, 0.6) is 0 Å². The van der Waals surface area contributed by atoms with Crippen molar-refractivity contribution in [3.05, 3.63) is 42.4 Å². The van der Waals surface area contributed by atoms with Crippen molar-refractivity contribution >= 4 is 51.2 Å². The SMILES string of the molecule is Cc1nc(C(C)Nc2ccc(I)cc2Cl)c(C)s1. The predicted molar refractivity (Wildman–Crippen MR) is 87.8 cm³/mol. The first-order valence-electron chi connectivity index (χ1n) is 5.63. The van der Waals surface area contributed by atoms with Crippen LogP contribution in [0.3, 0.4) is 0 Å². The van der Waals surface area contributed by atoms with Crippen molar-refractivity contribution in [2.24, 2.45) is 0 Å². The minimum atomic E-state index is 0.160. The number of nitrogens with zero attached hydrogens (tertiary/aromatic N) is 1. The van der Waals surface area contributed by atoms with Crippen LogP contribution in [0, 0.1) is 17.4 Å². The molecule has 0 amide bonds. The number of thiazole rings is 1. The minimum Gasteiger partial charge on any atom is -0.376 e. The Morgan fingerprint density at radius 1 is 1.39 bits per heavy atom. The summed E-state index contributed by atoms with van der Waals surface area (Å²) in [4.78, 5) is 5.82. The summed E-state index contributed by atoms with van der Waals surface area (Å²) in [5, 5.41) is 5.27. The lowest BCUT2D eigenvalue weighted by Crippen LogP contribution is -2.08. The Hall–Kier alpha value is -0.330. The Labute approximate surface area is 130 Å². The minimum absolute atomic E-state index is 0.160. The quantitative estimate of drug-likeness (QED) is 0.727. The molecule has 96 valence electrons. The molecule has 18 heavy (non-hydrogen) atoms. The van der Waals surface area contributed by atoms with E-state index in [0.29, 0.717) is 0 Å². The average Bonchev–Trinajstić information content (AvgIpc) is 2.62. The van der Waals surface area contributed by atoms with Gasteiger partial charge in [0.05, 0.1) is 27.5 Å². The smallest absolute Gasteiger partial charge is 0.0901 e. The van der Waals surface area contributed by atoms with Gasteiger partial charge in [-0.15, -0.1) is 11.3 Å². The van der Waals surface area contributed by atoms with Gasteiger partial charge in [0.2, 0.25) is 0 Å². The van der Waals surface area contributed by atoms with Crippen molar-refractivity contribution in [1.29, 1.82) is 0 Å². The zero-order chi connectivity index (χ0) is 13.3. The summed E-state index contributed by atoms with van der Waals surface area (Å²) in [7, 11) is 0. The normalized spacial score (nSPS) is 12.5. The summed E-state index contributed by atoms with van der Waals surface area (Å²) in [6.45, 7) is 6.25. The molecule has 1 heterocycles. The largest absolute Gasteiger partial charge is 0.376 e. The van der Waals surface area contributed by atoms with Crippen LogP contribution in [-0.2, 0) is 0 Å². The maximum Gasteiger partial charge on any atom is 0.0901 e. The van der Waals surface area contributed by atoms with E-state index < -0.39 is 0 Å². The lowest BCUT2D eigenvalue weighted by atomic mass is 10.2. The molecule has 0 aliphatic heterocycles. The second-order valence-electron chi connectivity index (χ2n) is 4.16. The van der Waals surface area contributed by atoms with Gasteiger partial charge < -0.3 is 5.32 Å². The number of benzene rings is 1. The Kier molecular flexibility index (Phi) is 4.50. The summed E-state index contributed by atoms with van der Waals surface area (Å²) in [6, 6.07) is 6.17. The van der Waals surface area contributed by atoms with Crippen LogP contribution in [0.15, 0.2) is 18.2 Å². The molecule has 1 unspecified atom stereocenters. The monoisotopic (exact) mass is 392 g/mol. The van der Waals surface area contributed by atoms with E-state index >= 15 is 0 Å². The fourth-order valence-corrected chi connectivity index (χ4v) is 3.68. The first kappa shape index (κ1) is 14.1. The molecule has 2 rings (SSSR count). The molecule has 0 fully saturated rings. The molecule has 0 bridgehead atoms. The van der Waals surface area contributed by atoms with E-state index in [1.165, 1.54) is 4.88 Å². The van der Waals surface area contributed by atoms with Crippen LogP contribution in [0.25, 0.3) is 0 Å². The van der Waals surface area contributed by atoms with Crippen molar-refractivity contribution in [3.8, 4) is 0 Å². The molecule has 0 spiro atoms. The number of rotatable bonds is 3. The van der Waals surface area contributed by atoms with Gasteiger partial charge in [-0.25, -0.2) is 4.98 Å². The van der Waals surface area contributed by atoms with E-state index in [4.69, 9.17) is 11.6 Å². The first-order valence-corrected chi connectivity index (χ1v) is 7.90. The molecule has 2 nitrogen and oxygen atoms in total. The van der Waals surface area contributed by atoms with Crippen LogP contribution >= 0.6 is 45.5 Å². The third kappa shape index (κ3) is 3.16. The number of hydrogen-bond donors (Lipinski definition) is 1. The summed E-state index contributed by atoms with van der Waals surface area (Å²) in [6.07, 6.45) is 0. The second kappa shape index (κ2) is 5.75. The van der Waals surface area contributed by atoms with E-state index in [1.807, 2.05) is 25.1 Å². The third-order valence-corrected chi connectivity index (χ3v) is 4.54. The maximum absolute atomic E-state index is 6.22. The zero-order valence-electron chi connectivity index (χ0n) is 10.4. The topological polar surface area (TPSA) is 24.9 Å². The highest BCUT2D eigenvalue weighted by Gasteiger charge is 2.14. The van der Waals surface area contributed by atoms with E-state index in [2.05, 4.69) is 46.7 Å². The van der Waals surface area contributed by atoms with Gasteiger partial charge in [-0.2, -0.15) is 0 Å². The lowest BCUT2D eigenvalue weighted by molar-refractivity contribution is 0.837. The van der Waals surface area contributed by atoms with Crippen molar-refractivity contribution in [1.82, 2.24) is 4.98 Å². The molecule has 0 aliphatic rings. The number of halogens is 2. The summed E-state index contributed by atoms with van der Waals surface area (Å²) < 4.78 is 1.14. The van der Waals surface area contributed by atoms with Gasteiger partial charge in [0.15, 0.2) is 0 Å². The maximum atomic E-state index is 6.22. The van der Waals surface area contributed by atoms with E-state index in [9.17, 15) is 0 Å². The highest BCUT2D eigenvalue weighted by atomic mass is 127. The fraction of sp³-hybridized carbons (Fsp3) is 0.308. The molecule has 1 aromatic heterocycles. The number of aryl methyl sites for hydroxylation is 2. The molecule has 5 heteroatoms. The Balaban J connectivity index is 2.21. The molecule has 0 radical (unpaired) electrons. The molecule has 2 aromatic rings. The summed E-state index contributed by atoms with van der Waals surface area (Å²) in [5.41, 5.74) is 2.06. The molecular weight excluding hydrogens is 379 g/mol. The van der Waals surface area contributed by atoms with Crippen LogP contribution < -0.4 is 5.32 Å². The van der Waals surface area contributed by atoms with Gasteiger partial charge >= 0.3 is 0 Å². The number of hydrogen-bond acceptors (Lipinski definition) is 3. The summed E-state index contributed by atoms with van der Waals surface area (Å²) in [5.74, 6) is 0. The standard InChI is InChI=1S/C13H14ClIN2S/c1-7(13-8(2)18-9(3)17-13)16-12-5-4-10(15)6-11(12)14/h4-7,16H,1-3H3. The van der Waals surface area contributed by atoms with Crippen LogP contribution in [0.1, 0.15) is 28.5 Å². The Morgan fingerprint density at radius 3 is 2.67 bits per heavy atom. The number of anilines is 1. The highest BCUT2D eigenvalue weighted by Crippen LogP contribution is 2.29. The first-order chi connectivity index (χ1) is 8.47.